The summed E-state index contributed by atoms with van der Waals surface area (Å²) in [5, 5.41) is 18.4. The quantitative estimate of drug-likeness (QED) is 0.482. The standard InChI is InChI=1S/C21H25N5O4S2/c1-13-14(11-16-20(30)26(21(31)32-16)6-4-5-17(27)28)18(24(3)19(29)15(13)12-22)25-9-7-23(2)8-10-25/h11H,4-10H2,1-3H3,(H,27,28)/b16-11-. The minimum Gasteiger partial charge on any atom is -0.481 e. The van der Waals surface area contributed by atoms with Gasteiger partial charge in [-0.25, -0.2) is 0 Å². The minimum atomic E-state index is -0.923. The molecule has 2 fully saturated rings. The Kier molecular flexibility index (Phi) is 7.38. The van der Waals surface area contributed by atoms with Crippen LogP contribution in [-0.2, 0) is 16.6 Å². The number of nitriles is 1. The number of carbonyl (C=O) groups excluding carboxylic acids is 1. The van der Waals surface area contributed by atoms with Gasteiger partial charge in [0.05, 0.1) is 4.91 Å². The molecule has 0 atom stereocenters. The largest absolute Gasteiger partial charge is 0.481 e. The molecule has 2 saturated heterocycles. The molecule has 1 N–H and O–H groups in total. The molecule has 1 amide bonds. The monoisotopic (exact) mass is 475 g/mol. The predicted molar refractivity (Wildman–Crippen MR) is 128 cm³/mol. The van der Waals surface area contributed by atoms with E-state index in [4.69, 9.17) is 17.3 Å². The molecule has 3 rings (SSSR count). The Morgan fingerprint density at radius 3 is 2.50 bits per heavy atom. The van der Waals surface area contributed by atoms with Gasteiger partial charge in [-0.05, 0) is 32.0 Å². The van der Waals surface area contributed by atoms with E-state index in [2.05, 4.69) is 9.80 Å². The van der Waals surface area contributed by atoms with Crippen LogP contribution in [0.3, 0.4) is 0 Å². The van der Waals surface area contributed by atoms with Crippen molar-refractivity contribution in [2.75, 3.05) is 44.7 Å². The van der Waals surface area contributed by atoms with Gasteiger partial charge in [-0.15, -0.1) is 0 Å². The summed E-state index contributed by atoms with van der Waals surface area (Å²) in [4.78, 5) is 42.7. The first-order valence-corrected chi connectivity index (χ1v) is 11.4. The molecule has 0 aromatic carbocycles. The van der Waals surface area contributed by atoms with Crippen LogP contribution in [0.2, 0.25) is 0 Å². The van der Waals surface area contributed by atoms with Crippen molar-refractivity contribution in [3.05, 3.63) is 31.9 Å². The lowest BCUT2D eigenvalue weighted by Crippen LogP contribution is -2.46. The lowest BCUT2D eigenvalue weighted by Gasteiger charge is -2.36. The molecule has 0 saturated carbocycles. The predicted octanol–water partition coefficient (Wildman–Crippen LogP) is 1.38. The molecule has 3 heterocycles. The number of thiocarbonyl (C=S) groups is 1. The summed E-state index contributed by atoms with van der Waals surface area (Å²) in [5.74, 6) is -0.537. The summed E-state index contributed by atoms with van der Waals surface area (Å²) < 4.78 is 1.85. The van der Waals surface area contributed by atoms with Crippen LogP contribution in [0.4, 0.5) is 5.82 Å². The lowest BCUT2D eigenvalue weighted by atomic mass is 10.0. The number of thioether (sulfide) groups is 1. The van der Waals surface area contributed by atoms with E-state index < -0.39 is 5.97 Å². The Hall–Kier alpha value is -2.68. The summed E-state index contributed by atoms with van der Waals surface area (Å²) in [7, 11) is 3.68. The van der Waals surface area contributed by atoms with Crippen LogP contribution in [0, 0.1) is 18.3 Å². The fourth-order valence-corrected chi connectivity index (χ4v) is 5.12. The summed E-state index contributed by atoms with van der Waals surface area (Å²) in [6, 6.07) is 2.00. The maximum atomic E-state index is 13.0. The SMILES string of the molecule is Cc1c(/C=C2\SC(=S)N(CCCC(=O)O)C2=O)c(N2CCN(C)CC2)n(C)c(=O)c1C#N. The number of carboxylic acid groups (broad SMARTS) is 1. The Bertz CT molecular complexity index is 1100. The Morgan fingerprint density at radius 1 is 1.25 bits per heavy atom. The summed E-state index contributed by atoms with van der Waals surface area (Å²) in [5.41, 5.74) is 0.866. The van der Waals surface area contributed by atoms with Gasteiger partial charge in [0.15, 0.2) is 0 Å². The van der Waals surface area contributed by atoms with Crippen LogP contribution in [0.1, 0.15) is 29.5 Å². The van der Waals surface area contributed by atoms with Crippen molar-refractivity contribution in [3.63, 3.8) is 0 Å². The zero-order chi connectivity index (χ0) is 23.6. The highest BCUT2D eigenvalue weighted by Crippen LogP contribution is 2.36. The molecule has 0 radical (unpaired) electrons. The maximum absolute atomic E-state index is 13.0. The van der Waals surface area contributed by atoms with Crippen molar-refractivity contribution in [3.8, 4) is 6.07 Å². The first-order valence-electron chi connectivity index (χ1n) is 10.2. The fourth-order valence-electron chi connectivity index (χ4n) is 3.82. The van der Waals surface area contributed by atoms with Gasteiger partial charge >= 0.3 is 5.97 Å². The Balaban J connectivity index is 2.04. The molecule has 1 aromatic heterocycles. The number of aromatic nitrogens is 1. The second-order valence-corrected chi connectivity index (χ2v) is 9.51. The van der Waals surface area contributed by atoms with E-state index in [0.29, 0.717) is 45.7 Å². The van der Waals surface area contributed by atoms with Gasteiger partial charge in [0.1, 0.15) is 21.8 Å². The highest BCUT2D eigenvalue weighted by atomic mass is 32.2. The zero-order valence-corrected chi connectivity index (χ0v) is 19.9. The number of piperazine rings is 1. The molecule has 0 unspecified atom stereocenters. The molecule has 32 heavy (non-hydrogen) atoms. The van der Waals surface area contributed by atoms with E-state index in [-0.39, 0.29) is 30.0 Å². The molecule has 0 aliphatic carbocycles. The molecular formula is C21H25N5O4S2. The summed E-state index contributed by atoms with van der Waals surface area (Å²) >= 11 is 6.49. The third-order valence-corrected chi connectivity index (χ3v) is 7.07. The van der Waals surface area contributed by atoms with Crippen LogP contribution in [0.25, 0.3) is 6.08 Å². The molecule has 170 valence electrons. The normalized spacial score (nSPS) is 18.5. The van der Waals surface area contributed by atoms with Crippen molar-refractivity contribution in [2.45, 2.75) is 19.8 Å². The van der Waals surface area contributed by atoms with Crippen LogP contribution in [0.15, 0.2) is 9.70 Å². The first-order chi connectivity index (χ1) is 15.1. The van der Waals surface area contributed by atoms with Crippen molar-refractivity contribution in [1.82, 2.24) is 14.4 Å². The third-order valence-electron chi connectivity index (χ3n) is 5.69. The van der Waals surface area contributed by atoms with Gasteiger partial charge in [-0.2, -0.15) is 5.26 Å². The highest BCUT2D eigenvalue weighted by Gasteiger charge is 2.33. The van der Waals surface area contributed by atoms with E-state index in [0.717, 1.165) is 24.9 Å². The smallest absolute Gasteiger partial charge is 0.303 e. The number of amides is 1. The average Bonchev–Trinajstić information content (AvgIpc) is 3.01. The fraction of sp³-hybridized carbons (Fsp3) is 0.476. The average molecular weight is 476 g/mol. The van der Waals surface area contributed by atoms with E-state index in [1.54, 1.807) is 20.0 Å². The number of aliphatic carboxylic acids is 1. The van der Waals surface area contributed by atoms with Gasteiger partial charge in [-0.1, -0.05) is 24.0 Å². The molecule has 1 aromatic rings. The van der Waals surface area contributed by atoms with E-state index >= 15 is 0 Å². The summed E-state index contributed by atoms with van der Waals surface area (Å²) in [6.45, 7) is 5.04. The Morgan fingerprint density at radius 2 is 1.91 bits per heavy atom. The van der Waals surface area contributed by atoms with Crippen molar-refractivity contribution in [2.24, 2.45) is 7.05 Å². The number of hydrogen-bond donors (Lipinski definition) is 1. The number of rotatable bonds is 6. The van der Waals surface area contributed by atoms with Crippen LogP contribution < -0.4 is 10.5 Å². The van der Waals surface area contributed by atoms with E-state index in [1.807, 2.05) is 13.1 Å². The molecule has 0 bridgehead atoms. The topological polar surface area (TPSA) is 110 Å². The lowest BCUT2D eigenvalue weighted by molar-refractivity contribution is -0.137. The molecule has 9 nitrogen and oxygen atoms in total. The minimum absolute atomic E-state index is 0.0465. The van der Waals surface area contributed by atoms with Crippen molar-refractivity contribution < 1.29 is 14.7 Å². The number of nitrogens with zero attached hydrogens (tertiary/aromatic N) is 5. The number of anilines is 1. The number of carboxylic acids is 1. The van der Waals surface area contributed by atoms with Gasteiger partial charge < -0.3 is 14.9 Å². The zero-order valence-electron chi connectivity index (χ0n) is 18.3. The van der Waals surface area contributed by atoms with Gasteiger partial charge in [0, 0.05) is 51.8 Å². The van der Waals surface area contributed by atoms with E-state index in [9.17, 15) is 19.6 Å². The second kappa shape index (κ2) is 9.85. The van der Waals surface area contributed by atoms with Crippen molar-refractivity contribution >= 4 is 52.1 Å². The van der Waals surface area contributed by atoms with Gasteiger partial charge in [0.25, 0.3) is 11.5 Å². The van der Waals surface area contributed by atoms with Crippen LogP contribution in [0.5, 0.6) is 0 Å². The second-order valence-electron chi connectivity index (χ2n) is 7.83. The molecule has 11 heteroatoms. The number of likely N-dealkylation sites (N-methyl/N-ethyl adjacent to an activating group) is 1. The van der Waals surface area contributed by atoms with Crippen LogP contribution in [-0.4, -0.2) is 75.4 Å². The molecule has 2 aliphatic rings. The maximum Gasteiger partial charge on any atom is 0.303 e. The number of carbonyl (C=O) groups is 2. The molecule has 2 aliphatic heterocycles. The summed E-state index contributed by atoms with van der Waals surface area (Å²) in [6.07, 6.45) is 1.97. The van der Waals surface area contributed by atoms with Crippen LogP contribution >= 0.6 is 24.0 Å². The number of pyridine rings is 1. The Labute approximate surface area is 195 Å². The number of hydrogen-bond acceptors (Lipinski definition) is 8. The van der Waals surface area contributed by atoms with Gasteiger partial charge in [-0.3, -0.25) is 23.9 Å². The first kappa shape index (κ1) is 24.0. The van der Waals surface area contributed by atoms with E-state index in [1.165, 1.54) is 9.47 Å². The molecular weight excluding hydrogens is 450 g/mol. The molecule has 0 spiro atoms. The third kappa shape index (κ3) is 4.72. The van der Waals surface area contributed by atoms with Crippen molar-refractivity contribution in [1.29, 1.82) is 5.26 Å². The van der Waals surface area contributed by atoms with Gasteiger partial charge in [0.2, 0.25) is 0 Å². The highest BCUT2D eigenvalue weighted by molar-refractivity contribution is 8.26.